The van der Waals surface area contributed by atoms with E-state index >= 15 is 0 Å². The standard InChI is InChI=1S/C35H31ClN6O3S2/c1-37-34-31-28(39-42(34)4)19-46-17-21-15-22(41(3)38-21)18-47-23-14-20-8-5-6-9-24(20)29(16-23)45-13-7-10-25-26-11-12-27(36)30(31)32(26)40(2)33(25)35(43)44/h5-6,8-9,11-12,14-16H,7,10,13,17-19H2,2-4H3,(H,43,44). The first-order valence-corrected chi connectivity index (χ1v) is 17.6. The number of carboxylic acid groups (broad SMARTS) is 1. The molecule has 7 rings (SSSR count). The SMILES string of the molecule is [C-]#[N+]c1c2c(nn1C)CSCc1cc(n(C)n1)CSc1cc(c3ccccc3c1)OCCCc1c(C(=O)O)n(C)c3c-2c(Cl)ccc13. The Labute approximate surface area is 285 Å². The first-order chi connectivity index (χ1) is 22.7. The maximum atomic E-state index is 12.7. The van der Waals surface area contributed by atoms with Gasteiger partial charge < -0.3 is 19.3 Å². The molecule has 238 valence electrons. The molecule has 9 nitrogen and oxygen atoms in total. The molecule has 0 aliphatic carbocycles. The zero-order valence-corrected chi connectivity index (χ0v) is 28.5. The molecular formula is C35H31ClN6O3S2. The van der Waals surface area contributed by atoms with Gasteiger partial charge in [-0.25, -0.2) is 9.48 Å². The minimum atomic E-state index is -1.02. The Bertz CT molecular complexity index is 2250. The van der Waals surface area contributed by atoms with Crippen molar-refractivity contribution in [1.82, 2.24) is 24.1 Å². The van der Waals surface area contributed by atoms with E-state index in [-0.39, 0.29) is 5.69 Å². The molecule has 0 radical (unpaired) electrons. The van der Waals surface area contributed by atoms with E-state index in [4.69, 9.17) is 33.1 Å². The normalized spacial score (nSPS) is 14.0. The molecule has 47 heavy (non-hydrogen) atoms. The Morgan fingerprint density at radius 2 is 1.83 bits per heavy atom. The minimum absolute atomic E-state index is 0.199. The average Bonchev–Trinajstić information content (AvgIpc) is 3.67. The zero-order chi connectivity index (χ0) is 32.8. The van der Waals surface area contributed by atoms with Gasteiger partial charge in [-0.1, -0.05) is 48.5 Å². The number of aryl methyl sites for hydroxylation is 4. The highest BCUT2D eigenvalue weighted by Gasteiger charge is 2.28. The Balaban J connectivity index is 1.37. The number of aromatic nitrogens is 5. The molecule has 3 aromatic heterocycles. The van der Waals surface area contributed by atoms with Crippen molar-refractivity contribution in [2.75, 3.05) is 6.61 Å². The van der Waals surface area contributed by atoms with Crippen LogP contribution in [0.5, 0.6) is 5.75 Å². The highest BCUT2D eigenvalue weighted by Crippen LogP contribution is 2.45. The molecule has 3 aromatic carbocycles. The van der Waals surface area contributed by atoms with Gasteiger partial charge in [0, 0.05) is 68.9 Å². The topological polar surface area (TPSA) is 91.5 Å². The van der Waals surface area contributed by atoms with Crippen LogP contribution >= 0.6 is 35.1 Å². The molecule has 1 aliphatic heterocycles. The van der Waals surface area contributed by atoms with Gasteiger partial charge in [0.1, 0.15) is 11.4 Å². The summed E-state index contributed by atoms with van der Waals surface area (Å²) in [7, 11) is 5.47. The van der Waals surface area contributed by atoms with Crippen LogP contribution in [0, 0.1) is 6.57 Å². The van der Waals surface area contributed by atoms with E-state index in [2.05, 4.69) is 35.2 Å². The molecule has 0 saturated carbocycles. The number of aromatic carboxylic acids is 1. The van der Waals surface area contributed by atoms with Gasteiger partial charge in [-0.05, 0) is 48.1 Å². The molecule has 1 N–H and O–H groups in total. The van der Waals surface area contributed by atoms with Crippen molar-refractivity contribution in [3.63, 3.8) is 0 Å². The van der Waals surface area contributed by atoms with Crippen LogP contribution in [0.15, 0.2) is 59.5 Å². The van der Waals surface area contributed by atoms with Crippen LogP contribution in [0.2, 0.25) is 5.02 Å². The van der Waals surface area contributed by atoms with Crippen molar-refractivity contribution < 1.29 is 14.6 Å². The van der Waals surface area contributed by atoms with Gasteiger partial charge in [-0.15, -0.1) is 28.6 Å². The quantitative estimate of drug-likeness (QED) is 0.174. The van der Waals surface area contributed by atoms with Crippen molar-refractivity contribution in [2.24, 2.45) is 21.1 Å². The number of ether oxygens (including phenoxy) is 1. The lowest BCUT2D eigenvalue weighted by atomic mass is 9.99. The number of carbonyl (C=O) groups is 1. The molecule has 4 heterocycles. The molecule has 0 amide bonds. The Morgan fingerprint density at radius 3 is 2.64 bits per heavy atom. The molecule has 12 heteroatoms. The second kappa shape index (κ2) is 12.7. The van der Waals surface area contributed by atoms with E-state index in [1.807, 2.05) is 29.9 Å². The molecule has 8 bridgehead atoms. The monoisotopic (exact) mass is 682 g/mol. The molecular weight excluding hydrogens is 652 g/mol. The summed E-state index contributed by atoms with van der Waals surface area (Å²) in [6.07, 6.45) is 1.09. The van der Waals surface area contributed by atoms with Gasteiger partial charge in [-0.3, -0.25) is 4.68 Å². The van der Waals surface area contributed by atoms with Crippen LogP contribution in [0.1, 0.15) is 39.6 Å². The lowest BCUT2D eigenvalue weighted by Crippen LogP contribution is -2.08. The fourth-order valence-electron chi connectivity index (χ4n) is 6.49. The van der Waals surface area contributed by atoms with Crippen molar-refractivity contribution >= 4 is 68.6 Å². The zero-order valence-electron chi connectivity index (χ0n) is 26.1. The third-order valence-corrected chi connectivity index (χ3v) is 10.9. The molecule has 6 aromatic rings. The number of thioether (sulfide) groups is 2. The minimum Gasteiger partial charge on any atom is -0.493 e. The fourth-order valence-corrected chi connectivity index (χ4v) is 8.57. The largest absolute Gasteiger partial charge is 0.493 e. The van der Waals surface area contributed by atoms with Crippen molar-refractivity contribution in [2.45, 2.75) is 35.0 Å². The predicted octanol–water partition coefficient (Wildman–Crippen LogP) is 8.42. The molecule has 0 unspecified atom stereocenters. The third-order valence-electron chi connectivity index (χ3n) is 8.59. The summed E-state index contributed by atoms with van der Waals surface area (Å²) in [5.74, 6) is 2.07. The van der Waals surface area contributed by atoms with Gasteiger partial charge in [-0.2, -0.15) is 5.10 Å². The Hall–Kier alpha value is -4.37. The van der Waals surface area contributed by atoms with Crippen LogP contribution in [0.25, 0.3) is 37.6 Å². The predicted molar refractivity (Wildman–Crippen MR) is 189 cm³/mol. The van der Waals surface area contributed by atoms with E-state index in [0.717, 1.165) is 49.6 Å². The highest BCUT2D eigenvalue weighted by atomic mass is 35.5. The molecule has 0 saturated heterocycles. The number of nitrogens with zero attached hydrogens (tertiary/aromatic N) is 6. The smallest absolute Gasteiger partial charge is 0.352 e. The van der Waals surface area contributed by atoms with Crippen LogP contribution in [0.3, 0.4) is 0 Å². The Kier molecular flexibility index (Phi) is 8.43. The van der Waals surface area contributed by atoms with Crippen LogP contribution in [0.4, 0.5) is 5.82 Å². The summed E-state index contributed by atoms with van der Waals surface area (Å²) >= 11 is 10.3. The number of hydrogen-bond acceptors (Lipinski definition) is 6. The van der Waals surface area contributed by atoms with E-state index < -0.39 is 5.97 Å². The lowest BCUT2D eigenvalue weighted by Gasteiger charge is -2.12. The number of benzene rings is 3. The Morgan fingerprint density at radius 1 is 1.00 bits per heavy atom. The summed E-state index contributed by atoms with van der Waals surface area (Å²) in [4.78, 5) is 17.7. The van der Waals surface area contributed by atoms with Gasteiger partial charge in [0.2, 0.25) is 0 Å². The molecule has 0 spiro atoms. The number of hydrogen-bond donors (Lipinski definition) is 1. The van der Waals surface area contributed by atoms with E-state index in [1.54, 1.807) is 52.9 Å². The summed E-state index contributed by atoms with van der Waals surface area (Å²) in [6.45, 7) is 8.43. The van der Waals surface area contributed by atoms with Gasteiger partial charge >= 0.3 is 5.97 Å². The lowest BCUT2D eigenvalue weighted by molar-refractivity contribution is 0.0685. The highest BCUT2D eigenvalue weighted by molar-refractivity contribution is 7.98. The van der Waals surface area contributed by atoms with E-state index in [1.165, 1.54) is 0 Å². The van der Waals surface area contributed by atoms with Crippen molar-refractivity contribution in [3.05, 3.63) is 99.4 Å². The third kappa shape index (κ3) is 5.64. The maximum Gasteiger partial charge on any atom is 0.352 e. The first-order valence-electron chi connectivity index (χ1n) is 15.1. The molecule has 1 aliphatic rings. The first kappa shape index (κ1) is 31.2. The molecule has 0 atom stereocenters. The maximum absolute atomic E-state index is 12.7. The van der Waals surface area contributed by atoms with Crippen molar-refractivity contribution in [3.8, 4) is 16.9 Å². The number of halogens is 1. The fraction of sp³-hybridized carbons (Fsp3) is 0.257. The van der Waals surface area contributed by atoms with Crippen LogP contribution in [-0.2, 0) is 44.8 Å². The summed E-state index contributed by atoms with van der Waals surface area (Å²) in [5, 5.41) is 23.3. The van der Waals surface area contributed by atoms with Gasteiger partial charge in [0.25, 0.3) is 5.82 Å². The van der Waals surface area contributed by atoms with E-state index in [9.17, 15) is 9.90 Å². The van der Waals surface area contributed by atoms with E-state index in [0.29, 0.717) is 64.0 Å². The second-order valence-electron chi connectivity index (χ2n) is 11.5. The number of rotatable bonds is 1. The number of fused-ring (bicyclic) bond motifs is 8. The second-order valence-corrected chi connectivity index (χ2v) is 14.0. The van der Waals surface area contributed by atoms with Gasteiger partial charge in [0.05, 0.1) is 30.6 Å². The summed E-state index contributed by atoms with van der Waals surface area (Å²) in [6, 6.07) is 18.3. The van der Waals surface area contributed by atoms with Crippen LogP contribution in [-0.4, -0.2) is 41.8 Å². The average molecular weight is 683 g/mol. The summed E-state index contributed by atoms with van der Waals surface area (Å²) in [5.41, 5.74) is 5.64. The van der Waals surface area contributed by atoms with Gasteiger partial charge in [0.15, 0.2) is 0 Å². The number of carboxylic acids is 1. The molecule has 0 fully saturated rings. The summed E-state index contributed by atoms with van der Waals surface area (Å²) < 4.78 is 11.6. The van der Waals surface area contributed by atoms with Crippen LogP contribution < -0.4 is 4.74 Å². The van der Waals surface area contributed by atoms with Crippen molar-refractivity contribution in [1.29, 1.82) is 0 Å².